The molecule has 1 saturated heterocycles. The molecule has 0 aliphatic carbocycles. The second kappa shape index (κ2) is 9.37. The Morgan fingerprint density at radius 1 is 1.19 bits per heavy atom. The SMILES string of the molecule is Cn1ccnc1C(O)(CC(=O)NCc1ccc(CN2CCC(O)CC2)cc1)C(F)(F)F. The fraction of sp³-hybridized carbons (Fsp3) is 0.524. The van der Waals surface area contributed by atoms with Crippen LogP contribution in [-0.4, -0.2) is 55.9 Å². The van der Waals surface area contributed by atoms with Gasteiger partial charge in [-0.25, -0.2) is 4.98 Å². The molecule has 7 nitrogen and oxygen atoms in total. The molecule has 31 heavy (non-hydrogen) atoms. The van der Waals surface area contributed by atoms with Crippen molar-refractivity contribution >= 4 is 5.91 Å². The minimum atomic E-state index is -5.06. The number of halogens is 3. The number of aryl methyl sites for hydroxylation is 1. The molecule has 1 atom stereocenters. The number of aliphatic hydroxyl groups excluding tert-OH is 1. The number of alkyl halides is 3. The molecule has 1 aromatic carbocycles. The highest BCUT2D eigenvalue weighted by Gasteiger charge is 2.58. The summed E-state index contributed by atoms with van der Waals surface area (Å²) in [6.45, 7) is 2.46. The summed E-state index contributed by atoms with van der Waals surface area (Å²) < 4.78 is 41.6. The van der Waals surface area contributed by atoms with Crippen molar-refractivity contribution in [2.75, 3.05) is 13.1 Å². The zero-order valence-corrected chi connectivity index (χ0v) is 17.3. The summed E-state index contributed by atoms with van der Waals surface area (Å²) in [5.41, 5.74) is -1.56. The van der Waals surface area contributed by atoms with E-state index in [-0.39, 0.29) is 12.6 Å². The van der Waals surface area contributed by atoms with Gasteiger partial charge in [0, 0.05) is 45.6 Å². The Hall–Kier alpha value is -2.43. The van der Waals surface area contributed by atoms with E-state index < -0.39 is 29.9 Å². The van der Waals surface area contributed by atoms with Gasteiger partial charge in [-0.1, -0.05) is 24.3 Å². The molecule has 10 heteroatoms. The molecule has 1 aliphatic rings. The van der Waals surface area contributed by atoms with Gasteiger partial charge >= 0.3 is 6.18 Å². The fourth-order valence-corrected chi connectivity index (χ4v) is 3.66. The summed E-state index contributed by atoms with van der Waals surface area (Å²) in [5.74, 6) is -1.57. The van der Waals surface area contributed by atoms with Gasteiger partial charge in [-0.3, -0.25) is 9.69 Å². The number of amides is 1. The molecule has 2 aromatic rings. The van der Waals surface area contributed by atoms with E-state index in [1.807, 2.05) is 24.3 Å². The van der Waals surface area contributed by atoms with Crippen LogP contribution < -0.4 is 5.32 Å². The first-order valence-electron chi connectivity index (χ1n) is 10.1. The standard InChI is InChI=1S/C21H27F3N4O3/c1-27-11-8-25-19(27)20(31,21(22,23)24)12-18(30)26-13-15-2-4-16(5-3-15)14-28-9-6-17(29)7-10-28/h2-5,8,11,17,29,31H,6-7,9-10,12-14H2,1H3,(H,26,30). The smallest absolute Gasteiger partial charge is 0.393 e. The second-order valence-corrected chi connectivity index (χ2v) is 8.00. The number of carbonyl (C=O) groups excluding carboxylic acids is 1. The lowest BCUT2D eigenvalue weighted by molar-refractivity contribution is -0.271. The first-order valence-corrected chi connectivity index (χ1v) is 10.1. The zero-order valence-electron chi connectivity index (χ0n) is 17.3. The number of benzene rings is 1. The molecule has 170 valence electrons. The molecular weight excluding hydrogens is 413 g/mol. The van der Waals surface area contributed by atoms with Crippen LogP contribution in [-0.2, 0) is 30.5 Å². The third kappa shape index (κ3) is 5.63. The maximum absolute atomic E-state index is 13.5. The predicted molar refractivity (Wildman–Crippen MR) is 107 cm³/mol. The third-order valence-corrected chi connectivity index (χ3v) is 5.55. The quantitative estimate of drug-likeness (QED) is 0.611. The molecular formula is C21H27F3N4O3. The third-order valence-electron chi connectivity index (χ3n) is 5.55. The van der Waals surface area contributed by atoms with Crippen molar-refractivity contribution in [1.29, 1.82) is 0 Å². The lowest BCUT2D eigenvalue weighted by Crippen LogP contribution is -2.47. The lowest BCUT2D eigenvalue weighted by atomic mass is 9.97. The zero-order chi connectivity index (χ0) is 22.6. The van der Waals surface area contributed by atoms with E-state index in [9.17, 15) is 28.2 Å². The predicted octanol–water partition coefficient (Wildman–Crippen LogP) is 1.83. The monoisotopic (exact) mass is 440 g/mol. The van der Waals surface area contributed by atoms with Crippen LogP contribution in [0.5, 0.6) is 0 Å². The normalized spacial score (nSPS) is 18.0. The molecule has 1 unspecified atom stereocenters. The van der Waals surface area contributed by atoms with Crippen molar-refractivity contribution in [1.82, 2.24) is 19.8 Å². The number of aromatic nitrogens is 2. The topological polar surface area (TPSA) is 90.6 Å². The Kier molecular flexibility index (Phi) is 7.03. The molecule has 0 radical (unpaired) electrons. The van der Waals surface area contributed by atoms with Crippen LogP contribution in [0.4, 0.5) is 13.2 Å². The van der Waals surface area contributed by atoms with Gasteiger partial charge in [0.05, 0.1) is 12.5 Å². The molecule has 0 bridgehead atoms. The summed E-state index contributed by atoms with van der Waals surface area (Å²) in [6.07, 6.45) is -2.54. The van der Waals surface area contributed by atoms with Gasteiger partial charge < -0.3 is 20.1 Å². The van der Waals surface area contributed by atoms with Crippen LogP contribution in [0.2, 0.25) is 0 Å². The second-order valence-electron chi connectivity index (χ2n) is 8.00. The van der Waals surface area contributed by atoms with Crippen molar-refractivity contribution in [3.05, 3.63) is 53.6 Å². The molecule has 1 aliphatic heterocycles. The summed E-state index contributed by atoms with van der Waals surface area (Å²) in [7, 11) is 1.32. The molecule has 1 amide bonds. The van der Waals surface area contributed by atoms with Gasteiger partial charge in [-0.05, 0) is 24.0 Å². The number of piperidine rings is 1. The molecule has 0 spiro atoms. The summed E-state index contributed by atoms with van der Waals surface area (Å²) in [5, 5.41) is 22.3. The summed E-state index contributed by atoms with van der Waals surface area (Å²) >= 11 is 0. The molecule has 3 rings (SSSR count). The number of rotatable bonds is 7. The number of hydrogen-bond acceptors (Lipinski definition) is 5. The van der Waals surface area contributed by atoms with E-state index >= 15 is 0 Å². The van der Waals surface area contributed by atoms with Gasteiger partial charge in [0.15, 0.2) is 5.82 Å². The Balaban J connectivity index is 1.55. The molecule has 0 saturated carbocycles. The number of nitrogens with one attached hydrogen (secondary N) is 1. The highest BCUT2D eigenvalue weighted by molar-refractivity contribution is 5.77. The Bertz CT molecular complexity index is 877. The number of imidazole rings is 1. The van der Waals surface area contributed by atoms with Gasteiger partial charge in [-0.15, -0.1) is 0 Å². The Labute approximate surface area is 178 Å². The van der Waals surface area contributed by atoms with Crippen molar-refractivity contribution in [2.24, 2.45) is 7.05 Å². The maximum Gasteiger partial charge on any atom is 0.425 e. The van der Waals surface area contributed by atoms with Crippen LogP contribution in [0.15, 0.2) is 36.7 Å². The van der Waals surface area contributed by atoms with Crippen molar-refractivity contribution in [3.8, 4) is 0 Å². The first kappa shape index (κ1) is 23.2. The van der Waals surface area contributed by atoms with Crippen LogP contribution in [0.25, 0.3) is 0 Å². The van der Waals surface area contributed by atoms with E-state index in [4.69, 9.17) is 0 Å². The largest absolute Gasteiger partial charge is 0.425 e. The molecule has 2 heterocycles. The van der Waals surface area contributed by atoms with E-state index in [1.165, 1.54) is 13.2 Å². The Morgan fingerprint density at radius 3 is 2.35 bits per heavy atom. The van der Waals surface area contributed by atoms with Gasteiger partial charge in [-0.2, -0.15) is 13.2 Å². The van der Waals surface area contributed by atoms with E-state index in [1.54, 1.807) is 0 Å². The fourth-order valence-electron chi connectivity index (χ4n) is 3.66. The number of likely N-dealkylation sites (tertiary alicyclic amines) is 1. The maximum atomic E-state index is 13.5. The van der Waals surface area contributed by atoms with E-state index in [2.05, 4.69) is 15.2 Å². The summed E-state index contributed by atoms with van der Waals surface area (Å²) in [4.78, 5) is 18.0. The highest BCUT2D eigenvalue weighted by Crippen LogP contribution is 2.40. The van der Waals surface area contributed by atoms with Crippen LogP contribution in [0, 0.1) is 0 Å². The van der Waals surface area contributed by atoms with Crippen molar-refractivity contribution in [2.45, 2.75) is 50.2 Å². The van der Waals surface area contributed by atoms with Crippen LogP contribution in [0.1, 0.15) is 36.2 Å². The van der Waals surface area contributed by atoms with Crippen molar-refractivity contribution < 1.29 is 28.2 Å². The average Bonchev–Trinajstić information content (AvgIpc) is 3.15. The van der Waals surface area contributed by atoms with Crippen LogP contribution >= 0.6 is 0 Å². The average molecular weight is 440 g/mol. The van der Waals surface area contributed by atoms with Gasteiger partial charge in [0.2, 0.25) is 11.5 Å². The Morgan fingerprint density at radius 2 is 1.81 bits per heavy atom. The lowest BCUT2D eigenvalue weighted by Gasteiger charge is -2.29. The van der Waals surface area contributed by atoms with Gasteiger partial charge in [0.25, 0.3) is 0 Å². The minimum Gasteiger partial charge on any atom is -0.393 e. The van der Waals surface area contributed by atoms with E-state index in [0.717, 1.165) is 54.4 Å². The minimum absolute atomic E-state index is 0.0452. The molecule has 3 N–H and O–H groups in total. The number of nitrogens with zero attached hydrogens (tertiary/aromatic N) is 3. The number of aliphatic hydroxyl groups is 2. The number of hydrogen-bond donors (Lipinski definition) is 3. The summed E-state index contributed by atoms with van der Waals surface area (Å²) in [6, 6.07) is 7.44. The number of carbonyl (C=O) groups is 1. The molecule has 1 fully saturated rings. The molecule has 1 aromatic heterocycles. The highest BCUT2D eigenvalue weighted by atomic mass is 19.4. The van der Waals surface area contributed by atoms with Gasteiger partial charge in [0.1, 0.15) is 0 Å². The van der Waals surface area contributed by atoms with E-state index in [0.29, 0.717) is 0 Å². The van der Waals surface area contributed by atoms with Crippen LogP contribution in [0.3, 0.4) is 0 Å². The first-order chi connectivity index (χ1) is 14.6. The van der Waals surface area contributed by atoms with Crippen molar-refractivity contribution in [3.63, 3.8) is 0 Å².